The molecule has 0 spiro atoms. The van der Waals surface area contributed by atoms with E-state index in [-0.39, 0.29) is 37.0 Å². The molecule has 300 valence electrons. The Hall–Kier alpha value is -2.79. The van der Waals surface area contributed by atoms with Gasteiger partial charge in [0.05, 0.1) is 38.8 Å². The van der Waals surface area contributed by atoms with Crippen molar-refractivity contribution in [2.45, 2.75) is 129 Å². The van der Waals surface area contributed by atoms with Gasteiger partial charge in [-0.05, 0) is 39.0 Å². The molecule has 3 N–H and O–H groups in total. The molecule has 0 atom stereocenters. The number of allylic oxidation sites excluding steroid dienone is 1. The minimum Gasteiger partial charge on any atom is -0.387 e. The number of hydrogen-bond acceptors (Lipinski definition) is 13. The molecular weight excluding hydrogens is 692 g/mol. The van der Waals surface area contributed by atoms with Crippen LogP contribution in [0, 0.1) is 0 Å². The Bertz CT molecular complexity index is 1170. The van der Waals surface area contributed by atoms with Crippen LogP contribution in [0.4, 0.5) is 0 Å². The van der Waals surface area contributed by atoms with Crippen molar-refractivity contribution in [1.82, 2.24) is 30.7 Å². The van der Waals surface area contributed by atoms with E-state index < -0.39 is 15.9 Å². The minimum absolute atomic E-state index is 0.00770. The summed E-state index contributed by atoms with van der Waals surface area (Å²) in [6, 6.07) is 0. The van der Waals surface area contributed by atoms with Crippen LogP contribution in [0.5, 0.6) is 0 Å². The number of Topliss-reactive ketones (excluding diaryl/α,β-unsaturated/α-hetero) is 2. The largest absolute Gasteiger partial charge is 0.387 e. The van der Waals surface area contributed by atoms with Crippen molar-refractivity contribution in [3.05, 3.63) is 18.1 Å². The van der Waals surface area contributed by atoms with Crippen LogP contribution in [-0.4, -0.2) is 112 Å². The number of tetrazole rings is 1. The molecule has 0 aliphatic carbocycles. The third-order valence-corrected chi connectivity index (χ3v) is 9.40. The number of carbonyl (C=O) groups excluding carboxylic acids is 3. The first-order valence-corrected chi connectivity index (χ1v) is 20.8. The highest BCUT2D eigenvalue weighted by atomic mass is 32.2. The summed E-state index contributed by atoms with van der Waals surface area (Å²) in [5, 5.41) is 17.1. The normalized spacial score (nSPS) is 11.5. The Morgan fingerprint density at radius 1 is 0.673 bits per heavy atom. The summed E-state index contributed by atoms with van der Waals surface area (Å²) in [6.07, 6.45) is 17.9. The van der Waals surface area contributed by atoms with E-state index in [0.717, 1.165) is 37.9 Å². The number of nitrogens with zero attached hydrogens (tertiary/aromatic N) is 3. The number of carbonyl (C=O) groups is 3. The Balaban J connectivity index is 1.85. The number of nitrogens with one attached hydrogen (secondary N) is 3. The zero-order valence-corrected chi connectivity index (χ0v) is 32.5. The molecule has 1 rings (SSSR count). The number of H-pyrrole nitrogens is 1. The van der Waals surface area contributed by atoms with Crippen LogP contribution in [0.1, 0.15) is 128 Å². The molecule has 1 aromatic rings. The third kappa shape index (κ3) is 31.9. The quantitative estimate of drug-likeness (QED) is 0.0792. The van der Waals surface area contributed by atoms with Crippen molar-refractivity contribution in [1.29, 1.82) is 0 Å². The van der Waals surface area contributed by atoms with Gasteiger partial charge in [-0.2, -0.15) is 5.21 Å². The lowest BCUT2D eigenvalue weighted by atomic mass is 10.0. The molecule has 0 aliphatic rings. The number of ketones is 2. The Labute approximate surface area is 311 Å². The van der Waals surface area contributed by atoms with Crippen molar-refractivity contribution in [3.63, 3.8) is 0 Å². The van der Waals surface area contributed by atoms with Crippen molar-refractivity contribution >= 4 is 27.5 Å². The molecule has 0 unspecified atom stereocenters. The Morgan fingerprint density at radius 2 is 1.25 bits per heavy atom. The molecule has 16 heteroatoms. The number of unbranched alkanes of at least 4 members (excludes halogenated alkanes) is 12. The standard InChI is InChI=1S/C36H66N6O9S/c1-32(37-22-24-49-26-28-51-31-34(44)19-16-23-48-25-27-50-30-33(2)43)18-17-29-52(46,47)40-36(45)21-15-13-11-9-7-5-3-4-6-8-10-12-14-20-35-38-41-42-39-35/h37H,1,3-31H2,2H3,(H,40,45)(H,38,39,41,42). The molecule has 1 amide bonds. The fourth-order valence-electron chi connectivity index (χ4n) is 5.23. The van der Waals surface area contributed by atoms with Crippen LogP contribution in [-0.2, 0) is 49.8 Å². The first-order chi connectivity index (χ1) is 25.2. The van der Waals surface area contributed by atoms with Crippen LogP contribution < -0.4 is 10.0 Å². The van der Waals surface area contributed by atoms with E-state index in [1.807, 2.05) is 0 Å². The highest BCUT2D eigenvalue weighted by Gasteiger charge is 2.14. The Kier molecular flexibility index (Phi) is 29.8. The number of ether oxygens (including phenoxy) is 4. The predicted molar refractivity (Wildman–Crippen MR) is 199 cm³/mol. The predicted octanol–water partition coefficient (Wildman–Crippen LogP) is 4.54. The number of sulfonamides is 1. The van der Waals surface area contributed by atoms with Gasteiger partial charge in [0, 0.05) is 38.1 Å². The van der Waals surface area contributed by atoms with Gasteiger partial charge in [0.25, 0.3) is 0 Å². The van der Waals surface area contributed by atoms with Crippen LogP contribution in [0.25, 0.3) is 0 Å². The number of amides is 1. The average molecular weight is 759 g/mol. The number of hydrogen-bond donors (Lipinski definition) is 3. The van der Waals surface area contributed by atoms with Crippen LogP contribution in [0.15, 0.2) is 12.3 Å². The van der Waals surface area contributed by atoms with Gasteiger partial charge in [-0.3, -0.25) is 19.1 Å². The van der Waals surface area contributed by atoms with Crippen LogP contribution >= 0.6 is 0 Å². The summed E-state index contributed by atoms with van der Waals surface area (Å²) in [5.41, 5.74) is 0.698. The van der Waals surface area contributed by atoms with Gasteiger partial charge in [-0.1, -0.05) is 82.4 Å². The lowest BCUT2D eigenvalue weighted by Crippen LogP contribution is -2.32. The van der Waals surface area contributed by atoms with E-state index in [1.54, 1.807) is 0 Å². The van der Waals surface area contributed by atoms with Crippen molar-refractivity contribution < 1.29 is 41.7 Å². The van der Waals surface area contributed by atoms with Gasteiger partial charge < -0.3 is 24.3 Å². The fraction of sp³-hybridized carbons (Fsp3) is 0.833. The van der Waals surface area contributed by atoms with Gasteiger partial charge in [0.2, 0.25) is 15.9 Å². The van der Waals surface area contributed by atoms with Gasteiger partial charge in [0.15, 0.2) is 17.4 Å². The number of aromatic amines is 1. The summed E-state index contributed by atoms with van der Waals surface area (Å²) in [4.78, 5) is 34.8. The maximum atomic E-state index is 12.3. The van der Waals surface area contributed by atoms with E-state index in [4.69, 9.17) is 18.9 Å². The molecule has 0 bridgehead atoms. The van der Waals surface area contributed by atoms with E-state index in [1.165, 1.54) is 58.3 Å². The zero-order chi connectivity index (χ0) is 38.0. The maximum absolute atomic E-state index is 12.3. The first kappa shape index (κ1) is 47.2. The molecular formula is C36H66N6O9S. The van der Waals surface area contributed by atoms with Crippen LogP contribution in [0.2, 0.25) is 0 Å². The molecule has 0 fully saturated rings. The maximum Gasteiger partial charge on any atom is 0.234 e. The smallest absolute Gasteiger partial charge is 0.234 e. The van der Waals surface area contributed by atoms with Crippen LogP contribution in [0.3, 0.4) is 0 Å². The summed E-state index contributed by atoms with van der Waals surface area (Å²) in [7, 11) is -3.67. The number of aromatic nitrogens is 4. The van der Waals surface area contributed by atoms with E-state index in [2.05, 4.69) is 37.2 Å². The SMILES string of the molecule is C=C(CCCS(=O)(=O)NC(=O)CCCCCCCCCCCCCCCc1nn[nH]n1)NCCOCCOCC(=O)CCCOCCOCC(C)=O. The highest BCUT2D eigenvalue weighted by Crippen LogP contribution is 2.13. The van der Waals surface area contributed by atoms with Crippen molar-refractivity contribution in [2.24, 2.45) is 0 Å². The zero-order valence-electron chi connectivity index (χ0n) is 31.6. The number of rotatable bonds is 39. The van der Waals surface area contributed by atoms with Gasteiger partial charge in [0.1, 0.15) is 13.2 Å². The average Bonchev–Trinajstić information content (AvgIpc) is 3.62. The van der Waals surface area contributed by atoms with E-state index in [0.29, 0.717) is 84.0 Å². The summed E-state index contributed by atoms with van der Waals surface area (Å²) in [6.45, 7) is 8.23. The van der Waals surface area contributed by atoms with Crippen molar-refractivity contribution in [2.75, 3.05) is 65.2 Å². The lowest BCUT2D eigenvalue weighted by molar-refractivity contribution is -0.125. The fourth-order valence-corrected chi connectivity index (χ4v) is 6.30. The molecule has 0 saturated heterocycles. The lowest BCUT2D eigenvalue weighted by Gasteiger charge is -2.11. The summed E-state index contributed by atoms with van der Waals surface area (Å²) >= 11 is 0. The molecule has 1 heterocycles. The van der Waals surface area contributed by atoms with Gasteiger partial charge >= 0.3 is 0 Å². The van der Waals surface area contributed by atoms with Gasteiger partial charge in [-0.25, -0.2) is 8.42 Å². The van der Waals surface area contributed by atoms with E-state index in [9.17, 15) is 22.8 Å². The number of aryl methyl sites for hydroxylation is 1. The Morgan fingerprint density at radius 3 is 1.87 bits per heavy atom. The molecule has 0 saturated carbocycles. The molecule has 15 nitrogen and oxygen atoms in total. The summed E-state index contributed by atoms with van der Waals surface area (Å²) < 4.78 is 48.1. The molecule has 0 aromatic carbocycles. The molecule has 1 aromatic heterocycles. The topological polar surface area (TPSA) is 201 Å². The second-order valence-corrected chi connectivity index (χ2v) is 14.9. The second-order valence-electron chi connectivity index (χ2n) is 13.1. The molecule has 52 heavy (non-hydrogen) atoms. The third-order valence-electron chi connectivity index (χ3n) is 8.03. The van der Waals surface area contributed by atoms with Crippen molar-refractivity contribution in [3.8, 4) is 0 Å². The second kappa shape index (κ2) is 32.8. The van der Waals surface area contributed by atoms with E-state index >= 15 is 0 Å². The molecule has 0 radical (unpaired) electrons. The molecule has 0 aliphatic heterocycles. The van der Waals surface area contributed by atoms with Gasteiger partial charge in [-0.15, -0.1) is 10.2 Å². The monoisotopic (exact) mass is 758 g/mol. The minimum atomic E-state index is -3.67. The summed E-state index contributed by atoms with van der Waals surface area (Å²) in [5.74, 6) is 0.181. The highest BCUT2D eigenvalue weighted by molar-refractivity contribution is 7.90. The first-order valence-electron chi connectivity index (χ1n) is 19.2.